The fraction of sp³-hybridized carbons (Fsp3) is 0.722. The van der Waals surface area contributed by atoms with Crippen molar-refractivity contribution in [3.63, 3.8) is 0 Å². The van der Waals surface area contributed by atoms with Crippen molar-refractivity contribution in [1.82, 2.24) is 4.98 Å². The van der Waals surface area contributed by atoms with E-state index < -0.39 is 0 Å². The summed E-state index contributed by atoms with van der Waals surface area (Å²) in [6, 6.07) is 3.98. The van der Waals surface area contributed by atoms with Crippen molar-refractivity contribution in [3.05, 3.63) is 18.3 Å². The van der Waals surface area contributed by atoms with E-state index in [1.165, 1.54) is 51.4 Å². The first-order valence-electron chi connectivity index (χ1n) is 8.59. The Morgan fingerprint density at radius 1 is 1.05 bits per heavy atom. The van der Waals surface area contributed by atoms with Crippen LogP contribution in [-0.2, 0) is 0 Å². The largest absolute Gasteiger partial charge is 0.473 e. The van der Waals surface area contributed by atoms with Crippen LogP contribution in [0.15, 0.2) is 18.3 Å². The molecule has 0 spiro atoms. The molecule has 0 aliphatic rings. The van der Waals surface area contributed by atoms with E-state index in [-0.39, 0.29) is 6.10 Å². The van der Waals surface area contributed by atoms with E-state index in [0.29, 0.717) is 5.88 Å². The quantitative estimate of drug-likeness (QED) is 0.522. The fourth-order valence-corrected chi connectivity index (χ4v) is 2.32. The zero-order valence-electron chi connectivity index (χ0n) is 14.0. The summed E-state index contributed by atoms with van der Waals surface area (Å²) in [5, 5.41) is 3.44. The number of unbranched alkanes of at least 4 members (excludes halogenated alkanes) is 7. The number of nitrogens with zero attached hydrogens (tertiary/aromatic N) is 1. The number of anilines is 1. The van der Waals surface area contributed by atoms with Gasteiger partial charge in [0.25, 0.3) is 0 Å². The molecule has 0 saturated carbocycles. The average Bonchev–Trinajstić information content (AvgIpc) is 2.46. The van der Waals surface area contributed by atoms with Crippen molar-refractivity contribution in [2.75, 3.05) is 11.9 Å². The summed E-state index contributed by atoms with van der Waals surface area (Å²) in [6.07, 6.45) is 12.7. The van der Waals surface area contributed by atoms with Gasteiger partial charge >= 0.3 is 0 Å². The van der Waals surface area contributed by atoms with E-state index in [1.807, 2.05) is 26.0 Å². The molecular weight excluding hydrogens is 260 g/mol. The van der Waals surface area contributed by atoms with Crippen molar-refractivity contribution < 1.29 is 4.74 Å². The molecule has 1 N–H and O–H groups in total. The summed E-state index contributed by atoms with van der Waals surface area (Å²) >= 11 is 0. The molecule has 0 aromatic carbocycles. The van der Waals surface area contributed by atoms with Crippen molar-refractivity contribution in [1.29, 1.82) is 0 Å². The number of hydrogen-bond acceptors (Lipinski definition) is 3. The predicted molar refractivity (Wildman–Crippen MR) is 91.1 cm³/mol. The van der Waals surface area contributed by atoms with Crippen molar-refractivity contribution in [3.8, 4) is 5.88 Å². The average molecular weight is 292 g/mol. The maximum absolute atomic E-state index is 5.70. The van der Waals surface area contributed by atoms with Crippen LogP contribution in [0.1, 0.15) is 72.1 Å². The van der Waals surface area contributed by atoms with E-state index in [4.69, 9.17) is 4.74 Å². The van der Waals surface area contributed by atoms with Crippen LogP contribution in [0.5, 0.6) is 5.88 Å². The van der Waals surface area contributed by atoms with E-state index in [9.17, 15) is 0 Å². The summed E-state index contributed by atoms with van der Waals surface area (Å²) in [4.78, 5) is 4.29. The fourth-order valence-electron chi connectivity index (χ4n) is 2.32. The lowest BCUT2D eigenvalue weighted by Gasteiger charge is -2.14. The van der Waals surface area contributed by atoms with Gasteiger partial charge < -0.3 is 10.1 Å². The molecule has 0 aliphatic carbocycles. The molecule has 3 nitrogen and oxygen atoms in total. The zero-order chi connectivity index (χ0) is 15.3. The van der Waals surface area contributed by atoms with Gasteiger partial charge in [0.1, 0.15) is 0 Å². The van der Waals surface area contributed by atoms with Crippen LogP contribution in [0.4, 0.5) is 5.69 Å². The maximum Gasteiger partial charge on any atom is 0.237 e. The van der Waals surface area contributed by atoms with Gasteiger partial charge in [-0.15, -0.1) is 0 Å². The Hall–Kier alpha value is -1.25. The molecule has 21 heavy (non-hydrogen) atoms. The number of aromatic nitrogens is 1. The van der Waals surface area contributed by atoms with Crippen LogP contribution in [0.2, 0.25) is 0 Å². The summed E-state index contributed by atoms with van der Waals surface area (Å²) in [5.74, 6) is 0.715. The van der Waals surface area contributed by atoms with E-state index in [1.54, 1.807) is 6.20 Å². The minimum Gasteiger partial charge on any atom is -0.473 e. The van der Waals surface area contributed by atoms with Crippen LogP contribution in [-0.4, -0.2) is 17.6 Å². The highest BCUT2D eigenvalue weighted by molar-refractivity contribution is 5.51. The Labute approximate surface area is 130 Å². The molecule has 1 aromatic heterocycles. The standard InChI is InChI=1S/C18H32N2O/c1-4-5-6-7-8-9-10-11-14-19-17-13-12-15-20-18(17)21-16(2)3/h12-13,15-16,19H,4-11,14H2,1-3H3. The lowest BCUT2D eigenvalue weighted by atomic mass is 10.1. The topological polar surface area (TPSA) is 34.2 Å². The van der Waals surface area contributed by atoms with Crippen LogP contribution in [0.3, 0.4) is 0 Å². The second-order valence-electron chi connectivity index (χ2n) is 5.92. The molecule has 1 rings (SSSR count). The first kappa shape index (κ1) is 17.8. The third kappa shape index (κ3) is 8.59. The molecule has 0 aliphatic heterocycles. The SMILES string of the molecule is CCCCCCCCCCNc1cccnc1OC(C)C. The van der Waals surface area contributed by atoms with Crippen molar-refractivity contribution >= 4 is 5.69 Å². The van der Waals surface area contributed by atoms with Gasteiger partial charge in [-0.3, -0.25) is 0 Å². The third-order valence-corrected chi connectivity index (χ3v) is 3.46. The normalized spacial score (nSPS) is 10.9. The Bertz CT molecular complexity index is 366. The molecule has 0 unspecified atom stereocenters. The summed E-state index contributed by atoms with van der Waals surface area (Å²) in [5.41, 5.74) is 1.01. The second-order valence-corrected chi connectivity index (χ2v) is 5.92. The first-order chi connectivity index (χ1) is 10.2. The van der Waals surface area contributed by atoms with Crippen LogP contribution in [0.25, 0.3) is 0 Å². The molecule has 0 atom stereocenters. The summed E-state index contributed by atoms with van der Waals surface area (Å²) in [7, 11) is 0. The number of nitrogens with one attached hydrogen (secondary N) is 1. The third-order valence-electron chi connectivity index (χ3n) is 3.46. The van der Waals surface area contributed by atoms with Gasteiger partial charge in [-0.25, -0.2) is 4.98 Å². The van der Waals surface area contributed by atoms with Crippen LogP contribution < -0.4 is 10.1 Å². The molecular formula is C18H32N2O. The molecule has 0 amide bonds. The van der Waals surface area contributed by atoms with Crippen molar-refractivity contribution in [2.24, 2.45) is 0 Å². The lowest BCUT2D eigenvalue weighted by Crippen LogP contribution is -2.10. The molecule has 0 radical (unpaired) electrons. The van der Waals surface area contributed by atoms with Crippen LogP contribution in [0, 0.1) is 0 Å². The Balaban J connectivity index is 2.12. The monoisotopic (exact) mass is 292 g/mol. The van der Waals surface area contributed by atoms with Gasteiger partial charge in [-0.05, 0) is 32.4 Å². The number of pyridine rings is 1. The van der Waals surface area contributed by atoms with Crippen LogP contribution >= 0.6 is 0 Å². The summed E-state index contributed by atoms with van der Waals surface area (Å²) in [6.45, 7) is 7.31. The molecule has 0 fully saturated rings. The highest BCUT2D eigenvalue weighted by atomic mass is 16.5. The Kier molecular flexibility index (Phi) is 9.68. The van der Waals surface area contributed by atoms with E-state index >= 15 is 0 Å². The molecule has 3 heteroatoms. The number of hydrogen-bond donors (Lipinski definition) is 1. The predicted octanol–water partition coefficient (Wildman–Crippen LogP) is 5.42. The zero-order valence-corrected chi connectivity index (χ0v) is 14.0. The van der Waals surface area contributed by atoms with Gasteiger partial charge in [0.15, 0.2) is 0 Å². The highest BCUT2D eigenvalue weighted by Gasteiger charge is 2.05. The second kappa shape index (κ2) is 11.4. The Morgan fingerprint density at radius 2 is 1.71 bits per heavy atom. The lowest BCUT2D eigenvalue weighted by molar-refractivity contribution is 0.234. The molecule has 120 valence electrons. The van der Waals surface area contributed by atoms with Gasteiger partial charge in [0.05, 0.1) is 11.8 Å². The molecule has 1 aromatic rings. The molecule has 0 saturated heterocycles. The highest BCUT2D eigenvalue weighted by Crippen LogP contribution is 2.21. The van der Waals surface area contributed by atoms with E-state index in [0.717, 1.165) is 12.2 Å². The van der Waals surface area contributed by atoms with Gasteiger partial charge in [0, 0.05) is 12.7 Å². The maximum atomic E-state index is 5.70. The Morgan fingerprint density at radius 3 is 2.38 bits per heavy atom. The molecule has 1 heterocycles. The number of ether oxygens (including phenoxy) is 1. The minimum absolute atomic E-state index is 0.156. The molecule has 0 bridgehead atoms. The summed E-state index contributed by atoms with van der Waals surface area (Å²) < 4.78 is 5.70. The van der Waals surface area contributed by atoms with Gasteiger partial charge in [-0.1, -0.05) is 51.9 Å². The van der Waals surface area contributed by atoms with Gasteiger partial charge in [0.2, 0.25) is 5.88 Å². The first-order valence-corrected chi connectivity index (χ1v) is 8.59. The smallest absolute Gasteiger partial charge is 0.237 e. The number of rotatable bonds is 12. The minimum atomic E-state index is 0.156. The van der Waals surface area contributed by atoms with E-state index in [2.05, 4.69) is 17.2 Å². The van der Waals surface area contributed by atoms with Crippen molar-refractivity contribution in [2.45, 2.75) is 78.2 Å². The van der Waals surface area contributed by atoms with Gasteiger partial charge in [-0.2, -0.15) is 0 Å².